The fraction of sp³-hybridized carbons (Fsp3) is 0.0625. The molecule has 0 saturated carbocycles. The lowest BCUT2D eigenvalue weighted by Gasteiger charge is -2.19. The number of ether oxygens (including phenoxy) is 1. The molecule has 1 aliphatic rings. The van der Waals surface area contributed by atoms with Gasteiger partial charge in [-0.25, -0.2) is 4.79 Å². The normalized spacial score (nSPS) is 12.7. The van der Waals surface area contributed by atoms with Gasteiger partial charge >= 0.3 is 5.97 Å². The first-order chi connectivity index (χ1) is 10.1. The number of halogens is 1. The highest BCUT2D eigenvalue weighted by atomic mass is 127. The van der Waals surface area contributed by atoms with Gasteiger partial charge in [-0.2, -0.15) is 0 Å². The molecule has 0 aromatic heterocycles. The molecular weight excluding hydrogens is 383 g/mol. The minimum atomic E-state index is -0.527. The second-order valence-electron chi connectivity index (χ2n) is 4.55. The molecule has 5 heteroatoms. The van der Waals surface area contributed by atoms with E-state index >= 15 is 0 Å². The summed E-state index contributed by atoms with van der Waals surface area (Å²) < 4.78 is 5.15. The third-order valence-corrected chi connectivity index (χ3v) is 4.56. The Labute approximate surface area is 134 Å². The van der Waals surface area contributed by atoms with E-state index in [4.69, 9.17) is 4.74 Å². The van der Waals surface area contributed by atoms with E-state index in [1.54, 1.807) is 24.3 Å². The predicted molar refractivity (Wildman–Crippen MR) is 83.8 cm³/mol. The molecule has 0 spiro atoms. The van der Waals surface area contributed by atoms with Gasteiger partial charge in [0.15, 0.2) is 11.6 Å². The molecule has 4 nitrogen and oxygen atoms in total. The van der Waals surface area contributed by atoms with Crippen LogP contribution in [0.5, 0.6) is 0 Å². The van der Waals surface area contributed by atoms with Crippen molar-refractivity contribution in [1.29, 1.82) is 0 Å². The van der Waals surface area contributed by atoms with Gasteiger partial charge in [-0.05, 0) is 34.7 Å². The van der Waals surface area contributed by atoms with Crippen LogP contribution < -0.4 is 0 Å². The fourth-order valence-corrected chi connectivity index (χ4v) is 3.35. The average Bonchev–Trinajstić information content (AvgIpc) is 2.51. The lowest BCUT2D eigenvalue weighted by molar-refractivity contribution is 0.0599. The summed E-state index contributed by atoms with van der Waals surface area (Å²) in [5.74, 6) is -0.966. The summed E-state index contributed by atoms with van der Waals surface area (Å²) in [5.41, 5.74) is 1.67. The van der Waals surface area contributed by atoms with Crippen molar-refractivity contribution < 1.29 is 19.1 Å². The maximum atomic E-state index is 12.6. The van der Waals surface area contributed by atoms with E-state index in [0.29, 0.717) is 20.3 Å². The number of rotatable bonds is 1. The molecule has 1 aliphatic carbocycles. The van der Waals surface area contributed by atoms with Crippen molar-refractivity contribution in [3.63, 3.8) is 0 Å². The van der Waals surface area contributed by atoms with Gasteiger partial charge in [0, 0.05) is 25.8 Å². The fourth-order valence-electron chi connectivity index (χ4n) is 2.41. The lowest BCUT2D eigenvalue weighted by Crippen LogP contribution is -2.23. The summed E-state index contributed by atoms with van der Waals surface area (Å²) in [6, 6.07) is 9.74. The molecule has 0 unspecified atom stereocenters. The van der Waals surface area contributed by atoms with E-state index in [1.807, 2.05) is 22.6 Å². The van der Waals surface area contributed by atoms with Crippen LogP contribution in [0.2, 0.25) is 0 Å². The summed E-state index contributed by atoms with van der Waals surface area (Å²) >= 11 is 1.91. The summed E-state index contributed by atoms with van der Waals surface area (Å²) in [4.78, 5) is 36.8. The minimum Gasteiger partial charge on any atom is -0.465 e. The van der Waals surface area contributed by atoms with Crippen LogP contribution in [0.15, 0.2) is 36.4 Å². The number of carbonyl (C=O) groups excluding carboxylic acids is 3. The van der Waals surface area contributed by atoms with Crippen molar-refractivity contribution in [2.75, 3.05) is 7.11 Å². The second-order valence-corrected chi connectivity index (χ2v) is 5.62. The molecule has 2 aromatic carbocycles. The van der Waals surface area contributed by atoms with Crippen LogP contribution in [0, 0.1) is 3.57 Å². The number of hydrogen-bond acceptors (Lipinski definition) is 4. The van der Waals surface area contributed by atoms with Crippen LogP contribution >= 0.6 is 22.6 Å². The van der Waals surface area contributed by atoms with Crippen molar-refractivity contribution in [2.45, 2.75) is 0 Å². The molecule has 2 aromatic rings. The van der Waals surface area contributed by atoms with Gasteiger partial charge in [-0.15, -0.1) is 0 Å². The Kier molecular flexibility index (Phi) is 3.36. The van der Waals surface area contributed by atoms with Crippen LogP contribution in [-0.2, 0) is 4.74 Å². The quantitative estimate of drug-likeness (QED) is 0.472. The first-order valence-electron chi connectivity index (χ1n) is 6.15. The minimum absolute atomic E-state index is 0.200. The van der Waals surface area contributed by atoms with Gasteiger partial charge < -0.3 is 4.74 Å². The van der Waals surface area contributed by atoms with Crippen molar-refractivity contribution in [1.82, 2.24) is 0 Å². The average molecular weight is 392 g/mol. The second kappa shape index (κ2) is 5.07. The van der Waals surface area contributed by atoms with Crippen LogP contribution in [0.4, 0.5) is 0 Å². The van der Waals surface area contributed by atoms with E-state index in [9.17, 15) is 14.4 Å². The summed E-state index contributed by atoms with van der Waals surface area (Å²) in [6.07, 6.45) is 0. The van der Waals surface area contributed by atoms with Crippen molar-refractivity contribution in [3.05, 3.63) is 67.8 Å². The van der Waals surface area contributed by atoms with Gasteiger partial charge in [0.05, 0.1) is 12.7 Å². The van der Waals surface area contributed by atoms with Crippen LogP contribution in [0.25, 0.3) is 0 Å². The molecule has 0 aliphatic heterocycles. The first kappa shape index (κ1) is 13.9. The Bertz CT molecular complexity index is 808. The van der Waals surface area contributed by atoms with E-state index in [2.05, 4.69) is 0 Å². The Hall–Kier alpha value is -2.02. The van der Waals surface area contributed by atoms with Crippen molar-refractivity contribution in [2.24, 2.45) is 0 Å². The highest BCUT2D eigenvalue weighted by Gasteiger charge is 2.32. The molecule has 0 fully saturated rings. The number of methoxy groups -OCH3 is 1. The van der Waals surface area contributed by atoms with E-state index in [1.165, 1.54) is 19.2 Å². The maximum absolute atomic E-state index is 12.6. The number of fused-ring (bicyclic) bond motifs is 2. The predicted octanol–water partition coefficient (Wildman–Crippen LogP) is 2.85. The van der Waals surface area contributed by atoms with Gasteiger partial charge in [0.25, 0.3) is 0 Å². The zero-order chi connectivity index (χ0) is 15.1. The molecule has 0 bridgehead atoms. The highest BCUT2D eigenvalue weighted by Crippen LogP contribution is 2.32. The Morgan fingerprint density at radius 1 is 0.952 bits per heavy atom. The molecule has 0 amide bonds. The third-order valence-electron chi connectivity index (χ3n) is 3.44. The van der Waals surface area contributed by atoms with Crippen LogP contribution in [0.1, 0.15) is 42.2 Å². The zero-order valence-electron chi connectivity index (χ0n) is 11.0. The third kappa shape index (κ3) is 1.99. The van der Waals surface area contributed by atoms with E-state index < -0.39 is 5.97 Å². The Morgan fingerprint density at radius 3 is 2.19 bits per heavy atom. The van der Waals surface area contributed by atoms with Crippen LogP contribution in [-0.4, -0.2) is 24.6 Å². The molecule has 3 rings (SSSR count). The van der Waals surface area contributed by atoms with E-state index in [0.717, 1.165) is 0 Å². The lowest BCUT2D eigenvalue weighted by atomic mass is 9.83. The first-order valence-corrected chi connectivity index (χ1v) is 7.23. The number of carbonyl (C=O) groups is 3. The van der Waals surface area contributed by atoms with Crippen LogP contribution in [0.3, 0.4) is 0 Å². The number of esters is 1. The Balaban J connectivity index is 2.29. The molecule has 21 heavy (non-hydrogen) atoms. The SMILES string of the molecule is COC(=O)c1ccc2c(c1I)C(=O)c1ccccc1C2=O. The van der Waals surface area contributed by atoms with Crippen molar-refractivity contribution in [3.8, 4) is 0 Å². The van der Waals surface area contributed by atoms with Gasteiger partial charge in [-0.1, -0.05) is 24.3 Å². The van der Waals surface area contributed by atoms with Crippen molar-refractivity contribution >= 4 is 40.1 Å². The number of benzene rings is 2. The molecule has 0 heterocycles. The molecule has 0 radical (unpaired) electrons. The van der Waals surface area contributed by atoms with Gasteiger partial charge in [0.2, 0.25) is 0 Å². The largest absolute Gasteiger partial charge is 0.465 e. The molecular formula is C16H9IO4. The number of ketones is 2. The maximum Gasteiger partial charge on any atom is 0.338 e. The highest BCUT2D eigenvalue weighted by molar-refractivity contribution is 14.1. The molecule has 0 saturated heterocycles. The zero-order valence-corrected chi connectivity index (χ0v) is 13.1. The van der Waals surface area contributed by atoms with E-state index in [-0.39, 0.29) is 22.7 Å². The molecule has 0 N–H and O–H groups in total. The molecule has 104 valence electrons. The topological polar surface area (TPSA) is 60.4 Å². The summed E-state index contributed by atoms with van der Waals surface area (Å²) in [7, 11) is 1.28. The summed E-state index contributed by atoms with van der Waals surface area (Å²) in [6.45, 7) is 0. The number of hydrogen-bond donors (Lipinski definition) is 0. The standard InChI is InChI=1S/C16H9IO4/c1-21-16(20)11-7-6-10-12(13(11)17)15(19)9-5-3-2-4-8(9)14(10)18/h2-7H,1H3. The monoisotopic (exact) mass is 392 g/mol. The Morgan fingerprint density at radius 2 is 1.57 bits per heavy atom. The summed E-state index contributed by atoms with van der Waals surface area (Å²) in [5, 5.41) is 0. The molecule has 0 atom stereocenters. The van der Waals surface area contributed by atoms with Gasteiger partial charge in [0.1, 0.15) is 0 Å². The van der Waals surface area contributed by atoms with Gasteiger partial charge in [-0.3, -0.25) is 9.59 Å². The smallest absolute Gasteiger partial charge is 0.338 e.